The van der Waals surface area contributed by atoms with Crippen molar-refractivity contribution in [3.05, 3.63) is 23.8 Å². The molecule has 0 saturated heterocycles. The average Bonchev–Trinajstić information content (AvgIpc) is 2.39. The monoisotopic (exact) mass is 279 g/mol. The Balaban J connectivity index is 2.72. The Morgan fingerprint density at radius 3 is 2.65 bits per heavy atom. The van der Waals surface area contributed by atoms with Gasteiger partial charge in [0.1, 0.15) is 0 Å². The lowest BCUT2D eigenvalue weighted by Crippen LogP contribution is -2.36. The van der Waals surface area contributed by atoms with Gasteiger partial charge < -0.3 is 21.1 Å². The molecule has 110 valence electrons. The van der Waals surface area contributed by atoms with E-state index in [4.69, 9.17) is 10.5 Å². The summed E-state index contributed by atoms with van der Waals surface area (Å²) in [5.41, 5.74) is 7.92. The molecule has 1 aromatic carbocycles. The average molecular weight is 279 g/mol. The zero-order chi connectivity index (χ0) is 15.1. The molecule has 2 amide bonds. The number of rotatable bonds is 6. The quantitative estimate of drug-likeness (QED) is 0.730. The summed E-state index contributed by atoms with van der Waals surface area (Å²) in [4.78, 5) is 23.0. The van der Waals surface area contributed by atoms with E-state index in [2.05, 4.69) is 10.6 Å². The van der Waals surface area contributed by atoms with Gasteiger partial charge in [-0.1, -0.05) is 6.07 Å². The minimum absolute atomic E-state index is 0.159. The van der Waals surface area contributed by atoms with Gasteiger partial charge in [-0.25, -0.2) is 0 Å². The van der Waals surface area contributed by atoms with Gasteiger partial charge in [0, 0.05) is 32.0 Å². The summed E-state index contributed by atoms with van der Waals surface area (Å²) < 4.78 is 4.88. The minimum Gasteiger partial charge on any atom is -0.385 e. The van der Waals surface area contributed by atoms with Crippen LogP contribution in [0.15, 0.2) is 18.2 Å². The molecule has 0 radical (unpaired) electrons. The second-order valence-corrected chi connectivity index (χ2v) is 4.59. The summed E-state index contributed by atoms with van der Waals surface area (Å²) in [5.74, 6) is -0.437. The maximum Gasteiger partial charge on any atom is 0.241 e. The molecule has 0 aromatic heterocycles. The van der Waals surface area contributed by atoms with Gasteiger partial charge in [0.2, 0.25) is 11.8 Å². The third-order valence-corrected chi connectivity index (χ3v) is 2.79. The number of ether oxygens (including phenoxy) is 1. The van der Waals surface area contributed by atoms with Crippen molar-refractivity contribution in [2.24, 2.45) is 5.73 Å². The molecule has 0 heterocycles. The molecule has 1 rings (SSSR count). The van der Waals surface area contributed by atoms with E-state index in [1.54, 1.807) is 19.2 Å². The predicted molar refractivity (Wildman–Crippen MR) is 78.6 cm³/mol. The smallest absolute Gasteiger partial charge is 0.241 e. The summed E-state index contributed by atoms with van der Waals surface area (Å²) >= 11 is 0. The Morgan fingerprint density at radius 2 is 2.05 bits per heavy atom. The van der Waals surface area contributed by atoms with Crippen LogP contribution in [0.2, 0.25) is 0 Å². The highest BCUT2D eigenvalue weighted by molar-refractivity contribution is 5.96. The molecule has 20 heavy (non-hydrogen) atoms. The van der Waals surface area contributed by atoms with Crippen molar-refractivity contribution in [3.63, 3.8) is 0 Å². The molecule has 0 aliphatic carbocycles. The first kappa shape index (κ1) is 16.1. The predicted octanol–water partition coefficient (Wildman–Crippen LogP) is 1.26. The lowest BCUT2D eigenvalue weighted by Gasteiger charge is -2.13. The summed E-state index contributed by atoms with van der Waals surface area (Å²) in [5, 5.41) is 5.43. The number of aryl methyl sites for hydroxylation is 1. The number of methoxy groups -OCH3 is 1. The van der Waals surface area contributed by atoms with E-state index in [1.165, 1.54) is 6.92 Å². The highest BCUT2D eigenvalue weighted by Gasteiger charge is 2.13. The van der Waals surface area contributed by atoms with E-state index < -0.39 is 6.04 Å². The number of benzene rings is 1. The summed E-state index contributed by atoms with van der Waals surface area (Å²) in [6.45, 7) is 3.74. The zero-order valence-corrected chi connectivity index (χ0v) is 12.0. The molecule has 6 heteroatoms. The zero-order valence-electron chi connectivity index (χ0n) is 12.0. The van der Waals surface area contributed by atoms with E-state index in [0.717, 1.165) is 5.56 Å². The van der Waals surface area contributed by atoms with Crippen molar-refractivity contribution in [1.29, 1.82) is 0 Å². The van der Waals surface area contributed by atoms with E-state index in [1.807, 2.05) is 13.0 Å². The molecule has 0 spiro atoms. The van der Waals surface area contributed by atoms with Crippen molar-refractivity contribution < 1.29 is 14.3 Å². The molecule has 6 nitrogen and oxygen atoms in total. The number of hydrogen-bond acceptors (Lipinski definition) is 4. The van der Waals surface area contributed by atoms with Crippen molar-refractivity contribution in [3.8, 4) is 0 Å². The molecule has 0 fully saturated rings. The van der Waals surface area contributed by atoms with E-state index in [-0.39, 0.29) is 11.8 Å². The third-order valence-electron chi connectivity index (χ3n) is 2.79. The Morgan fingerprint density at radius 1 is 1.35 bits per heavy atom. The van der Waals surface area contributed by atoms with Crippen LogP contribution >= 0.6 is 0 Å². The number of carbonyl (C=O) groups excluding carboxylic acids is 2. The SMILES string of the molecule is COCCC(N)C(=O)Nc1ccc(C)c(NC(C)=O)c1. The number of anilines is 2. The van der Waals surface area contributed by atoms with E-state index in [0.29, 0.717) is 24.4 Å². The topological polar surface area (TPSA) is 93.4 Å². The Labute approximate surface area is 118 Å². The van der Waals surface area contributed by atoms with Crippen molar-refractivity contribution in [2.75, 3.05) is 24.4 Å². The maximum atomic E-state index is 11.9. The van der Waals surface area contributed by atoms with Crippen LogP contribution in [0.25, 0.3) is 0 Å². The molecular formula is C14H21N3O3. The van der Waals surface area contributed by atoms with Crippen molar-refractivity contribution >= 4 is 23.2 Å². The normalized spacial score (nSPS) is 11.8. The second-order valence-electron chi connectivity index (χ2n) is 4.59. The Bertz CT molecular complexity index is 489. The minimum atomic E-state index is -0.625. The van der Waals surface area contributed by atoms with Gasteiger partial charge >= 0.3 is 0 Å². The van der Waals surface area contributed by atoms with Gasteiger partial charge in [0.15, 0.2) is 0 Å². The van der Waals surface area contributed by atoms with Gasteiger partial charge in [0.25, 0.3) is 0 Å². The van der Waals surface area contributed by atoms with Crippen molar-refractivity contribution in [2.45, 2.75) is 26.3 Å². The largest absolute Gasteiger partial charge is 0.385 e. The molecule has 1 unspecified atom stereocenters. The Kier molecular flexibility index (Phi) is 6.14. The van der Waals surface area contributed by atoms with Gasteiger partial charge in [-0.15, -0.1) is 0 Å². The second kappa shape index (κ2) is 7.62. The van der Waals surface area contributed by atoms with Crippen LogP contribution < -0.4 is 16.4 Å². The fourth-order valence-electron chi connectivity index (χ4n) is 1.63. The molecule has 0 bridgehead atoms. The van der Waals surface area contributed by atoms with Crippen LogP contribution in [-0.4, -0.2) is 31.6 Å². The van der Waals surface area contributed by atoms with Gasteiger partial charge in [-0.3, -0.25) is 9.59 Å². The lowest BCUT2D eigenvalue weighted by molar-refractivity contribution is -0.117. The van der Waals surface area contributed by atoms with Crippen molar-refractivity contribution in [1.82, 2.24) is 0 Å². The van der Waals surface area contributed by atoms with Crippen LogP contribution in [0, 0.1) is 6.92 Å². The molecule has 0 aliphatic rings. The molecule has 0 saturated carbocycles. The number of carbonyl (C=O) groups is 2. The maximum absolute atomic E-state index is 11.9. The van der Waals surface area contributed by atoms with Crippen LogP contribution in [0.3, 0.4) is 0 Å². The summed E-state index contributed by atoms with van der Waals surface area (Å²) in [6.07, 6.45) is 0.451. The molecule has 1 aromatic rings. The van der Waals surface area contributed by atoms with E-state index in [9.17, 15) is 9.59 Å². The summed E-state index contributed by atoms with van der Waals surface area (Å²) in [6, 6.07) is 4.67. The van der Waals surface area contributed by atoms with Crippen LogP contribution in [0.1, 0.15) is 18.9 Å². The first-order valence-electron chi connectivity index (χ1n) is 6.37. The molecule has 0 aliphatic heterocycles. The first-order valence-corrected chi connectivity index (χ1v) is 6.37. The standard InChI is InChI=1S/C14H21N3O3/c1-9-4-5-11(8-13(9)16-10(2)18)17-14(19)12(15)6-7-20-3/h4-5,8,12H,6-7,15H2,1-3H3,(H,16,18)(H,17,19). The fraction of sp³-hybridized carbons (Fsp3) is 0.429. The van der Waals surface area contributed by atoms with Crippen LogP contribution in [-0.2, 0) is 14.3 Å². The van der Waals surface area contributed by atoms with Crippen LogP contribution in [0.4, 0.5) is 11.4 Å². The molecule has 1 atom stereocenters. The number of hydrogen-bond donors (Lipinski definition) is 3. The Hall–Kier alpha value is -1.92. The third kappa shape index (κ3) is 4.99. The fourth-order valence-corrected chi connectivity index (χ4v) is 1.63. The number of amides is 2. The summed E-state index contributed by atoms with van der Waals surface area (Å²) in [7, 11) is 1.56. The van der Waals surface area contributed by atoms with Gasteiger partial charge in [0.05, 0.1) is 6.04 Å². The van der Waals surface area contributed by atoms with Crippen LogP contribution in [0.5, 0.6) is 0 Å². The first-order chi connectivity index (χ1) is 9.43. The molecular weight excluding hydrogens is 258 g/mol. The van der Waals surface area contributed by atoms with Gasteiger partial charge in [-0.2, -0.15) is 0 Å². The lowest BCUT2D eigenvalue weighted by atomic mass is 10.1. The molecule has 4 N–H and O–H groups in total. The number of nitrogens with one attached hydrogen (secondary N) is 2. The highest BCUT2D eigenvalue weighted by Crippen LogP contribution is 2.20. The van der Waals surface area contributed by atoms with Gasteiger partial charge in [-0.05, 0) is 31.0 Å². The highest BCUT2D eigenvalue weighted by atomic mass is 16.5. The van der Waals surface area contributed by atoms with E-state index >= 15 is 0 Å². The number of nitrogens with two attached hydrogens (primary N) is 1.